The molecule has 4 nitrogen and oxygen atoms in total. The molecular weight excluding hydrogens is 190 g/mol. The van der Waals surface area contributed by atoms with Crippen molar-refractivity contribution in [1.29, 1.82) is 0 Å². The SMILES string of the molecule is CC1(C)CCCC(CS(N)(=O)=O)O1. The average Bonchev–Trinajstić information content (AvgIpc) is 1.79. The topological polar surface area (TPSA) is 69.4 Å². The van der Waals surface area contributed by atoms with Gasteiger partial charge in [0.1, 0.15) is 0 Å². The lowest BCUT2D eigenvalue weighted by atomic mass is 9.96. The third-order valence-electron chi connectivity index (χ3n) is 2.21. The average molecular weight is 207 g/mol. The van der Waals surface area contributed by atoms with Crippen LogP contribution in [0.4, 0.5) is 0 Å². The van der Waals surface area contributed by atoms with E-state index in [0.29, 0.717) is 0 Å². The fourth-order valence-corrected chi connectivity index (χ4v) is 2.45. The number of hydrogen-bond donors (Lipinski definition) is 1. The quantitative estimate of drug-likeness (QED) is 0.721. The van der Waals surface area contributed by atoms with E-state index < -0.39 is 10.0 Å². The highest BCUT2D eigenvalue weighted by atomic mass is 32.2. The molecule has 0 spiro atoms. The van der Waals surface area contributed by atoms with Gasteiger partial charge in [-0.3, -0.25) is 0 Å². The molecule has 13 heavy (non-hydrogen) atoms. The fraction of sp³-hybridized carbons (Fsp3) is 1.00. The highest BCUT2D eigenvalue weighted by Gasteiger charge is 2.30. The maximum Gasteiger partial charge on any atom is 0.211 e. The molecule has 1 heterocycles. The summed E-state index contributed by atoms with van der Waals surface area (Å²) < 4.78 is 27.2. The summed E-state index contributed by atoms with van der Waals surface area (Å²) >= 11 is 0. The van der Waals surface area contributed by atoms with Crippen LogP contribution in [0.15, 0.2) is 0 Å². The molecule has 0 bridgehead atoms. The van der Waals surface area contributed by atoms with Gasteiger partial charge in [0.2, 0.25) is 10.0 Å². The number of rotatable bonds is 2. The van der Waals surface area contributed by atoms with Gasteiger partial charge in [-0.05, 0) is 33.1 Å². The van der Waals surface area contributed by atoms with Gasteiger partial charge >= 0.3 is 0 Å². The Hall–Kier alpha value is -0.130. The van der Waals surface area contributed by atoms with Crippen molar-refractivity contribution in [2.45, 2.75) is 44.8 Å². The Morgan fingerprint density at radius 2 is 2.15 bits per heavy atom. The number of primary sulfonamides is 1. The first-order valence-corrected chi connectivity index (χ1v) is 6.18. The van der Waals surface area contributed by atoms with E-state index in [0.717, 1.165) is 19.3 Å². The maximum absolute atomic E-state index is 10.8. The molecule has 1 saturated heterocycles. The monoisotopic (exact) mass is 207 g/mol. The molecule has 0 aromatic carbocycles. The third-order valence-corrected chi connectivity index (χ3v) is 3.05. The normalized spacial score (nSPS) is 28.7. The highest BCUT2D eigenvalue weighted by molar-refractivity contribution is 7.89. The van der Waals surface area contributed by atoms with Crippen molar-refractivity contribution in [2.75, 3.05) is 5.75 Å². The first-order chi connectivity index (χ1) is 5.79. The van der Waals surface area contributed by atoms with Crippen LogP contribution in [-0.4, -0.2) is 25.9 Å². The predicted molar refractivity (Wildman–Crippen MR) is 50.8 cm³/mol. The van der Waals surface area contributed by atoms with Crippen LogP contribution in [0.2, 0.25) is 0 Å². The molecule has 2 N–H and O–H groups in total. The summed E-state index contributed by atoms with van der Waals surface area (Å²) in [6.45, 7) is 3.95. The van der Waals surface area contributed by atoms with Crippen LogP contribution in [-0.2, 0) is 14.8 Å². The van der Waals surface area contributed by atoms with Crippen LogP contribution in [0, 0.1) is 0 Å². The van der Waals surface area contributed by atoms with Crippen molar-refractivity contribution in [3.05, 3.63) is 0 Å². The number of nitrogens with two attached hydrogens (primary N) is 1. The lowest BCUT2D eigenvalue weighted by molar-refractivity contribution is -0.0963. The third kappa shape index (κ3) is 4.06. The number of hydrogen-bond acceptors (Lipinski definition) is 3. The molecule has 1 fully saturated rings. The Kier molecular flexibility index (Phi) is 2.99. The molecule has 1 unspecified atom stereocenters. The molecule has 5 heteroatoms. The number of ether oxygens (including phenoxy) is 1. The van der Waals surface area contributed by atoms with Crippen molar-refractivity contribution >= 4 is 10.0 Å². The Labute approximate surface area is 79.5 Å². The minimum Gasteiger partial charge on any atom is -0.371 e. The minimum absolute atomic E-state index is 0.0591. The van der Waals surface area contributed by atoms with Gasteiger partial charge in [0.25, 0.3) is 0 Å². The largest absolute Gasteiger partial charge is 0.371 e. The molecule has 1 atom stereocenters. The predicted octanol–water partition coefficient (Wildman–Crippen LogP) is 0.623. The van der Waals surface area contributed by atoms with Crippen LogP contribution in [0.5, 0.6) is 0 Å². The first kappa shape index (κ1) is 10.9. The smallest absolute Gasteiger partial charge is 0.211 e. The summed E-state index contributed by atoms with van der Waals surface area (Å²) in [5.74, 6) is -0.0591. The van der Waals surface area contributed by atoms with Gasteiger partial charge in [-0.25, -0.2) is 13.6 Å². The van der Waals surface area contributed by atoms with Crippen LogP contribution < -0.4 is 5.14 Å². The summed E-state index contributed by atoms with van der Waals surface area (Å²) in [7, 11) is -3.40. The zero-order valence-electron chi connectivity index (χ0n) is 8.12. The summed E-state index contributed by atoms with van der Waals surface area (Å²) in [5.41, 5.74) is -0.201. The van der Waals surface area contributed by atoms with Gasteiger partial charge in [0, 0.05) is 0 Å². The standard InChI is InChI=1S/C8H17NO3S/c1-8(2)5-3-4-7(12-8)6-13(9,10)11/h7H,3-6H2,1-2H3,(H2,9,10,11). The van der Waals surface area contributed by atoms with E-state index in [-0.39, 0.29) is 17.5 Å². The van der Waals surface area contributed by atoms with E-state index in [2.05, 4.69) is 0 Å². The zero-order chi connectivity index (χ0) is 10.1. The second-order valence-corrected chi connectivity index (χ2v) is 5.88. The van der Waals surface area contributed by atoms with Gasteiger partial charge in [0.05, 0.1) is 17.5 Å². The summed E-state index contributed by atoms with van der Waals surface area (Å²) in [6, 6.07) is 0. The van der Waals surface area contributed by atoms with Crippen LogP contribution >= 0.6 is 0 Å². The highest BCUT2D eigenvalue weighted by Crippen LogP contribution is 2.28. The molecular formula is C8H17NO3S. The zero-order valence-corrected chi connectivity index (χ0v) is 8.93. The van der Waals surface area contributed by atoms with E-state index in [1.807, 2.05) is 13.8 Å². The Morgan fingerprint density at radius 1 is 1.54 bits per heavy atom. The van der Waals surface area contributed by atoms with Crippen molar-refractivity contribution in [3.8, 4) is 0 Å². The van der Waals surface area contributed by atoms with Gasteiger partial charge < -0.3 is 4.74 Å². The van der Waals surface area contributed by atoms with E-state index in [1.54, 1.807) is 0 Å². The van der Waals surface area contributed by atoms with Crippen molar-refractivity contribution in [2.24, 2.45) is 5.14 Å². The molecule has 1 aliphatic rings. The fourth-order valence-electron chi connectivity index (χ4n) is 1.70. The Bertz CT molecular complexity index is 271. The van der Waals surface area contributed by atoms with Crippen molar-refractivity contribution < 1.29 is 13.2 Å². The Morgan fingerprint density at radius 3 is 2.62 bits per heavy atom. The molecule has 0 radical (unpaired) electrons. The van der Waals surface area contributed by atoms with E-state index in [4.69, 9.17) is 9.88 Å². The molecule has 0 aliphatic carbocycles. The molecule has 78 valence electrons. The van der Waals surface area contributed by atoms with E-state index in [1.165, 1.54) is 0 Å². The van der Waals surface area contributed by atoms with Crippen molar-refractivity contribution in [3.63, 3.8) is 0 Å². The first-order valence-electron chi connectivity index (χ1n) is 4.47. The van der Waals surface area contributed by atoms with Crippen LogP contribution in [0.3, 0.4) is 0 Å². The lowest BCUT2D eigenvalue weighted by Crippen LogP contribution is -2.40. The molecule has 0 aromatic heterocycles. The summed E-state index contributed by atoms with van der Waals surface area (Å²) in [6.07, 6.45) is 2.56. The molecule has 0 saturated carbocycles. The molecule has 1 aliphatic heterocycles. The summed E-state index contributed by atoms with van der Waals surface area (Å²) in [5, 5.41) is 4.95. The van der Waals surface area contributed by atoms with Crippen LogP contribution in [0.1, 0.15) is 33.1 Å². The van der Waals surface area contributed by atoms with E-state index in [9.17, 15) is 8.42 Å². The summed E-state index contributed by atoms with van der Waals surface area (Å²) in [4.78, 5) is 0. The minimum atomic E-state index is -3.40. The second-order valence-electron chi connectivity index (χ2n) is 4.22. The van der Waals surface area contributed by atoms with Gasteiger partial charge in [0.15, 0.2) is 0 Å². The van der Waals surface area contributed by atoms with Gasteiger partial charge in [-0.15, -0.1) is 0 Å². The molecule has 0 amide bonds. The van der Waals surface area contributed by atoms with Gasteiger partial charge in [-0.2, -0.15) is 0 Å². The number of sulfonamides is 1. The lowest BCUT2D eigenvalue weighted by Gasteiger charge is -2.35. The Balaban J connectivity index is 2.53. The van der Waals surface area contributed by atoms with Gasteiger partial charge in [-0.1, -0.05) is 0 Å². The van der Waals surface area contributed by atoms with Crippen LogP contribution in [0.25, 0.3) is 0 Å². The maximum atomic E-state index is 10.8. The van der Waals surface area contributed by atoms with E-state index >= 15 is 0 Å². The second kappa shape index (κ2) is 3.55. The van der Waals surface area contributed by atoms with Crippen molar-refractivity contribution in [1.82, 2.24) is 0 Å². The molecule has 1 rings (SSSR count). The molecule has 0 aromatic rings.